The number of carbonyl (C=O) groups excluding carboxylic acids is 1. The molecule has 0 amide bonds. The predicted molar refractivity (Wildman–Crippen MR) is 121 cm³/mol. The molecule has 6 nitrogen and oxygen atoms in total. The molecule has 0 radical (unpaired) electrons. The van der Waals surface area contributed by atoms with Crippen molar-refractivity contribution in [2.45, 2.75) is 13.5 Å². The highest BCUT2D eigenvalue weighted by Gasteiger charge is 2.19. The molecule has 2 aromatic carbocycles. The lowest BCUT2D eigenvalue weighted by Crippen LogP contribution is -2.12. The number of aromatic nitrogens is 4. The zero-order valence-corrected chi connectivity index (χ0v) is 17.7. The molecular weight excluding hydrogens is 412 g/mol. The van der Waals surface area contributed by atoms with E-state index in [4.69, 9.17) is 16.3 Å². The van der Waals surface area contributed by atoms with Crippen LogP contribution in [-0.2, 0) is 16.1 Å². The van der Waals surface area contributed by atoms with Gasteiger partial charge in [0.1, 0.15) is 11.4 Å². The van der Waals surface area contributed by atoms with Crippen LogP contribution in [0.4, 0.5) is 0 Å². The third-order valence-corrected chi connectivity index (χ3v) is 4.90. The van der Waals surface area contributed by atoms with Gasteiger partial charge in [-0.15, -0.1) is 0 Å². The Bertz CT molecular complexity index is 1190. The largest absolute Gasteiger partial charge is 0.462 e. The highest BCUT2D eigenvalue weighted by Crippen LogP contribution is 2.21. The van der Waals surface area contributed by atoms with Crippen molar-refractivity contribution in [1.82, 2.24) is 19.3 Å². The van der Waals surface area contributed by atoms with Gasteiger partial charge >= 0.3 is 5.97 Å². The van der Waals surface area contributed by atoms with Gasteiger partial charge in [0.15, 0.2) is 0 Å². The highest BCUT2D eigenvalue weighted by atomic mass is 35.5. The summed E-state index contributed by atoms with van der Waals surface area (Å²) in [6, 6.07) is 17.4. The minimum atomic E-state index is -0.428. The lowest BCUT2D eigenvalue weighted by atomic mass is 10.1. The lowest BCUT2D eigenvalue weighted by molar-refractivity contribution is -0.136. The molecule has 0 aliphatic rings. The third kappa shape index (κ3) is 4.92. The van der Waals surface area contributed by atoms with Gasteiger partial charge in [-0.05, 0) is 42.8 Å². The molecule has 0 spiro atoms. The Morgan fingerprint density at radius 1 is 1.13 bits per heavy atom. The van der Waals surface area contributed by atoms with Crippen LogP contribution in [0.15, 0.2) is 79.4 Å². The number of rotatable bonds is 7. The quantitative estimate of drug-likeness (QED) is 0.308. The van der Waals surface area contributed by atoms with Gasteiger partial charge in [0.05, 0.1) is 18.5 Å². The van der Waals surface area contributed by atoms with E-state index in [-0.39, 0.29) is 6.61 Å². The van der Waals surface area contributed by atoms with E-state index in [9.17, 15) is 4.79 Å². The van der Waals surface area contributed by atoms with E-state index in [0.717, 1.165) is 16.8 Å². The second-order valence-corrected chi connectivity index (χ2v) is 7.27. The van der Waals surface area contributed by atoms with Crippen molar-refractivity contribution < 1.29 is 9.53 Å². The van der Waals surface area contributed by atoms with Gasteiger partial charge in [-0.2, -0.15) is 5.10 Å². The van der Waals surface area contributed by atoms with E-state index in [0.29, 0.717) is 23.0 Å². The maximum Gasteiger partial charge on any atom is 0.341 e. The first kappa shape index (κ1) is 20.6. The average molecular weight is 433 g/mol. The SMILES string of the molecule is CCOC(=O)/C(=C/c1cnn(-c2ccc(Cl)cc2)c1)c1nccn1Cc1ccccc1. The van der Waals surface area contributed by atoms with Crippen molar-refractivity contribution in [2.75, 3.05) is 6.61 Å². The summed E-state index contributed by atoms with van der Waals surface area (Å²) in [6.07, 6.45) is 8.82. The first-order valence-electron chi connectivity index (χ1n) is 9.89. The third-order valence-electron chi connectivity index (χ3n) is 4.65. The first-order valence-corrected chi connectivity index (χ1v) is 10.3. The normalized spacial score (nSPS) is 11.5. The summed E-state index contributed by atoms with van der Waals surface area (Å²) in [5.74, 6) is 0.115. The van der Waals surface area contributed by atoms with Gasteiger partial charge in [-0.25, -0.2) is 14.5 Å². The van der Waals surface area contributed by atoms with Crippen molar-refractivity contribution in [3.63, 3.8) is 0 Å². The van der Waals surface area contributed by atoms with Crippen molar-refractivity contribution in [3.05, 3.63) is 101 Å². The maximum atomic E-state index is 12.8. The molecule has 7 heteroatoms. The van der Waals surface area contributed by atoms with Crippen LogP contribution in [0.5, 0.6) is 0 Å². The summed E-state index contributed by atoms with van der Waals surface area (Å²) >= 11 is 5.97. The number of esters is 1. The molecule has 0 atom stereocenters. The van der Waals surface area contributed by atoms with E-state index < -0.39 is 5.97 Å². The summed E-state index contributed by atoms with van der Waals surface area (Å²) in [6.45, 7) is 2.65. The van der Waals surface area contributed by atoms with Gasteiger partial charge < -0.3 is 9.30 Å². The molecule has 0 saturated carbocycles. The van der Waals surface area contributed by atoms with Gasteiger partial charge in [-0.3, -0.25) is 0 Å². The summed E-state index contributed by atoms with van der Waals surface area (Å²) in [5, 5.41) is 5.05. The summed E-state index contributed by atoms with van der Waals surface area (Å²) in [5.41, 5.74) is 3.11. The van der Waals surface area contributed by atoms with Crippen LogP contribution in [0.3, 0.4) is 0 Å². The van der Waals surface area contributed by atoms with E-state index in [1.54, 1.807) is 42.2 Å². The molecule has 0 bridgehead atoms. The Kier molecular flexibility index (Phi) is 6.29. The van der Waals surface area contributed by atoms with Crippen molar-refractivity contribution in [2.24, 2.45) is 0 Å². The molecule has 0 N–H and O–H groups in total. The highest BCUT2D eigenvalue weighted by molar-refractivity contribution is 6.30. The van der Waals surface area contributed by atoms with E-state index in [1.165, 1.54) is 0 Å². The molecule has 0 fully saturated rings. The second-order valence-electron chi connectivity index (χ2n) is 6.84. The fourth-order valence-corrected chi connectivity index (χ4v) is 3.32. The standard InChI is InChI=1S/C24H21ClN4O2/c1-2-31-24(30)22(23-26-12-13-28(23)16-18-6-4-3-5-7-18)14-19-15-27-29(17-19)21-10-8-20(25)9-11-21/h3-15,17H,2,16H2,1H3/b22-14+. The fourth-order valence-electron chi connectivity index (χ4n) is 3.20. The predicted octanol–water partition coefficient (Wildman–Crippen LogP) is 4.87. The molecule has 31 heavy (non-hydrogen) atoms. The number of benzene rings is 2. The molecular formula is C24H21ClN4O2. The molecule has 0 aliphatic carbocycles. The molecule has 0 unspecified atom stereocenters. The Hall–Kier alpha value is -3.64. The summed E-state index contributed by atoms with van der Waals surface area (Å²) < 4.78 is 8.96. The van der Waals surface area contributed by atoms with Gasteiger partial charge in [-0.1, -0.05) is 41.9 Å². The molecule has 4 aromatic rings. The van der Waals surface area contributed by atoms with Crippen LogP contribution in [-0.4, -0.2) is 31.9 Å². The average Bonchev–Trinajstić information content (AvgIpc) is 3.43. The van der Waals surface area contributed by atoms with Crippen molar-refractivity contribution in [3.8, 4) is 5.69 Å². The zero-order chi connectivity index (χ0) is 21.6. The zero-order valence-electron chi connectivity index (χ0n) is 17.0. The summed E-state index contributed by atoms with van der Waals surface area (Å²) in [7, 11) is 0. The fraction of sp³-hybridized carbons (Fsp3) is 0.125. The second kappa shape index (κ2) is 9.45. The topological polar surface area (TPSA) is 61.9 Å². The van der Waals surface area contributed by atoms with Crippen LogP contribution in [0, 0.1) is 0 Å². The van der Waals surface area contributed by atoms with Gasteiger partial charge in [0.2, 0.25) is 0 Å². The Morgan fingerprint density at radius 3 is 2.65 bits per heavy atom. The van der Waals surface area contributed by atoms with Crippen LogP contribution in [0.2, 0.25) is 5.02 Å². The molecule has 0 saturated heterocycles. The molecule has 4 rings (SSSR count). The number of hydrogen-bond acceptors (Lipinski definition) is 4. The monoisotopic (exact) mass is 432 g/mol. The van der Waals surface area contributed by atoms with Crippen LogP contribution < -0.4 is 0 Å². The van der Waals surface area contributed by atoms with Crippen LogP contribution in [0.1, 0.15) is 23.9 Å². The Balaban J connectivity index is 1.68. The van der Waals surface area contributed by atoms with Crippen LogP contribution >= 0.6 is 11.6 Å². The minimum absolute atomic E-state index is 0.277. The maximum absolute atomic E-state index is 12.8. The minimum Gasteiger partial charge on any atom is -0.462 e. The Labute approximate surface area is 185 Å². The number of imidazole rings is 1. The summed E-state index contributed by atoms with van der Waals surface area (Å²) in [4.78, 5) is 17.2. The van der Waals surface area contributed by atoms with Gasteiger partial charge in [0.25, 0.3) is 0 Å². The molecule has 2 aromatic heterocycles. The molecule has 156 valence electrons. The van der Waals surface area contributed by atoms with Crippen molar-refractivity contribution >= 4 is 29.2 Å². The lowest BCUT2D eigenvalue weighted by Gasteiger charge is -2.10. The molecule has 2 heterocycles. The van der Waals surface area contributed by atoms with E-state index >= 15 is 0 Å². The number of ether oxygens (including phenoxy) is 1. The van der Waals surface area contributed by atoms with E-state index in [1.807, 2.05) is 59.4 Å². The van der Waals surface area contributed by atoms with Crippen molar-refractivity contribution in [1.29, 1.82) is 0 Å². The van der Waals surface area contributed by atoms with E-state index in [2.05, 4.69) is 10.1 Å². The number of nitrogens with zero attached hydrogens (tertiary/aromatic N) is 4. The number of halogens is 1. The Morgan fingerprint density at radius 2 is 1.90 bits per heavy atom. The first-order chi connectivity index (χ1) is 15.1. The smallest absolute Gasteiger partial charge is 0.341 e. The number of hydrogen-bond donors (Lipinski definition) is 0. The molecule has 0 aliphatic heterocycles. The number of carbonyl (C=O) groups is 1. The van der Waals surface area contributed by atoms with Crippen LogP contribution in [0.25, 0.3) is 17.3 Å². The van der Waals surface area contributed by atoms with Gasteiger partial charge in [0, 0.05) is 35.7 Å².